The zero-order valence-electron chi connectivity index (χ0n) is 9.51. The van der Waals surface area contributed by atoms with E-state index < -0.39 is 29.0 Å². The van der Waals surface area contributed by atoms with E-state index in [1.165, 1.54) is 0 Å². The Morgan fingerprint density at radius 1 is 1.61 bits per heavy atom. The molecule has 0 spiro atoms. The van der Waals surface area contributed by atoms with Crippen molar-refractivity contribution in [2.75, 3.05) is 5.32 Å². The molecule has 0 aliphatic heterocycles. The van der Waals surface area contributed by atoms with Gasteiger partial charge in [0.05, 0.1) is 18.0 Å². The molecule has 1 aromatic rings. The summed E-state index contributed by atoms with van der Waals surface area (Å²) < 4.78 is 38.0. The van der Waals surface area contributed by atoms with Crippen LogP contribution >= 0.6 is 0 Å². The number of hydrogen-bond acceptors (Lipinski definition) is 4. The fourth-order valence-corrected chi connectivity index (χ4v) is 1.43. The lowest BCUT2D eigenvalue weighted by atomic mass is 10.1. The summed E-state index contributed by atoms with van der Waals surface area (Å²) in [5.41, 5.74) is -3.18. The molecule has 0 saturated heterocycles. The van der Waals surface area contributed by atoms with E-state index in [0.29, 0.717) is 12.8 Å². The lowest BCUT2D eigenvalue weighted by Gasteiger charge is -2.15. The van der Waals surface area contributed by atoms with Crippen molar-refractivity contribution in [2.45, 2.75) is 32.0 Å². The zero-order chi connectivity index (χ0) is 13.8. The molecule has 0 aliphatic rings. The van der Waals surface area contributed by atoms with Crippen LogP contribution in [0.1, 0.15) is 25.3 Å². The van der Waals surface area contributed by atoms with E-state index in [1.807, 2.05) is 6.07 Å². The smallest absolute Gasteiger partial charge is 0.368 e. The van der Waals surface area contributed by atoms with Gasteiger partial charge in [-0.1, -0.05) is 13.3 Å². The number of nitriles is 1. The summed E-state index contributed by atoms with van der Waals surface area (Å²) in [5.74, 6) is 0. The Morgan fingerprint density at radius 3 is 2.78 bits per heavy atom. The van der Waals surface area contributed by atoms with Gasteiger partial charge in [-0.2, -0.15) is 23.5 Å². The van der Waals surface area contributed by atoms with E-state index in [0.717, 1.165) is 6.20 Å². The molecule has 0 amide bonds. The highest BCUT2D eigenvalue weighted by molar-refractivity contribution is 5.51. The molecular weight excluding hydrogens is 249 g/mol. The van der Waals surface area contributed by atoms with Crippen LogP contribution in [0.15, 0.2) is 11.0 Å². The first kappa shape index (κ1) is 14.0. The number of hydrogen-bond donors (Lipinski definition) is 2. The van der Waals surface area contributed by atoms with Crippen LogP contribution in [0.2, 0.25) is 0 Å². The second-order valence-corrected chi connectivity index (χ2v) is 3.60. The first-order valence-electron chi connectivity index (χ1n) is 5.21. The number of aromatic nitrogens is 2. The number of nitrogens with zero attached hydrogens (tertiary/aromatic N) is 2. The van der Waals surface area contributed by atoms with Gasteiger partial charge in [-0.15, -0.1) is 0 Å². The summed E-state index contributed by atoms with van der Waals surface area (Å²) in [4.78, 5) is 11.2. The first-order valence-corrected chi connectivity index (χ1v) is 5.21. The van der Waals surface area contributed by atoms with E-state index in [4.69, 9.17) is 5.26 Å². The fourth-order valence-electron chi connectivity index (χ4n) is 1.43. The number of alkyl halides is 3. The Morgan fingerprint density at radius 2 is 2.28 bits per heavy atom. The maximum atomic E-state index is 12.7. The van der Waals surface area contributed by atoms with Crippen molar-refractivity contribution < 1.29 is 13.2 Å². The van der Waals surface area contributed by atoms with Gasteiger partial charge in [0, 0.05) is 0 Å². The molecule has 1 heterocycles. The lowest BCUT2D eigenvalue weighted by Crippen LogP contribution is -2.27. The van der Waals surface area contributed by atoms with Gasteiger partial charge in [0.1, 0.15) is 11.6 Å². The van der Waals surface area contributed by atoms with Crippen molar-refractivity contribution in [1.29, 1.82) is 5.26 Å². The second kappa shape index (κ2) is 5.53. The van der Waals surface area contributed by atoms with Crippen LogP contribution in [0.4, 0.5) is 18.9 Å². The summed E-state index contributed by atoms with van der Waals surface area (Å²) in [7, 11) is 0. The minimum absolute atomic E-state index is 0.376. The lowest BCUT2D eigenvalue weighted by molar-refractivity contribution is -0.138. The summed E-state index contributed by atoms with van der Waals surface area (Å²) in [5, 5.41) is 16.2. The molecule has 1 rings (SSSR count). The van der Waals surface area contributed by atoms with Crippen molar-refractivity contribution >= 4 is 5.69 Å². The third-order valence-corrected chi connectivity index (χ3v) is 2.20. The molecule has 1 aromatic heterocycles. The molecule has 1 unspecified atom stereocenters. The van der Waals surface area contributed by atoms with E-state index in [9.17, 15) is 18.0 Å². The normalized spacial score (nSPS) is 12.8. The molecule has 0 aromatic carbocycles. The van der Waals surface area contributed by atoms with Crippen LogP contribution in [0, 0.1) is 11.3 Å². The summed E-state index contributed by atoms with van der Waals surface area (Å²) >= 11 is 0. The van der Waals surface area contributed by atoms with Crippen LogP contribution in [-0.4, -0.2) is 16.2 Å². The molecule has 8 heteroatoms. The molecular formula is C10H11F3N4O. The zero-order valence-corrected chi connectivity index (χ0v) is 9.51. The van der Waals surface area contributed by atoms with Crippen LogP contribution in [0.25, 0.3) is 0 Å². The van der Waals surface area contributed by atoms with E-state index >= 15 is 0 Å². The minimum Gasteiger partial charge on any atom is -0.368 e. The molecule has 98 valence electrons. The Hall–Kier alpha value is -2.04. The number of anilines is 1. The summed E-state index contributed by atoms with van der Waals surface area (Å²) in [6, 6.07) is 1.04. The Balaban J connectivity index is 3.14. The molecule has 0 fully saturated rings. The average molecular weight is 260 g/mol. The maximum Gasteiger partial charge on any atom is 0.423 e. The molecule has 0 saturated carbocycles. The second-order valence-electron chi connectivity index (χ2n) is 3.60. The monoisotopic (exact) mass is 260 g/mol. The molecule has 0 bridgehead atoms. The molecule has 0 aliphatic carbocycles. The average Bonchev–Trinajstić information content (AvgIpc) is 2.26. The first-order chi connectivity index (χ1) is 8.40. The van der Waals surface area contributed by atoms with Crippen LogP contribution < -0.4 is 10.9 Å². The highest BCUT2D eigenvalue weighted by atomic mass is 19.4. The summed E-state index contributed by atoms with van der Waals surface area (Å²) in [6.07, 6.45) is -2.95. The third kappa shape index (κ3) is 3.23. The molecule has 0 radical (unpaired) electrons. The number of H-pyrrole nitrogens is 1. The van der Waals surface area contributed by atoms with Gasteiger partial charge in [-0.3, -0.25) is 4.79 Å². The predicted octanol–water partition coefficient (Wildman–Crippen LogP) is 1.89. The predicted molar refractivity (Wildman–Crippen MR) is 57.8 cm³/mol. The largest absolute Gasteiger partial charge is 0.423 e. The Kier molecular flexibility index (Phi) is 4.31. The van der Waals surface area contributed by atoms with Crippen molar-refractivity contribution in [3.05, 3.63) is 22.1 Å². The molecule has 1 atom stereocenters. The van der Waals surface area contributed by atoms with E-state index in [2.05, 4.69) is 10.4 Å². The van der Waals surface area contributed by atoms with Gasteiger partial charge in [-0.05, 0) is 6.42 Å². The van der Waals surface area contributed by atoms with Crippen LogP contribution in [0.3, 0.4) is 0 Å². The van der Waals surface area contributed by atoms with Gasteiger partial charge in [0.2, 0.25) is 0 Å². The van der Waals surface area contributed by atoms with Crippen LogP contribution in [0.5, 0.6) is 0 Å². The number of halogens is 3. The van der Waals surface area contributed by atoms with Gasteiger partial charge in [-0.25, -0.2) is 5.10 Å². The molecule has 5 nitrogen and oxygen atoms in total. The third-order valence-electron chi connectivity index (χ3n) is 2.20. The topological polar surface area (TPSA) is 81.6 Å². The van der Waals surface area contributed by atoms with Crippen molar-refractivity contribution in [3.8, 4) is 6.07 Å². The maximum absolute atomic E-state index is 12.7. The Labute approximate surface area is 101 Å². The van der Waals surface area contributed by atoms with Crippen LogP contribution in [-0.2, 0) is 6.18 Å². The quantitative estimate of drug-likeness (QED) is 0.866. The van der Waals surface area contributed by atoms with Crippen molar-refractivity contribution in [1.82, 2.24) is 10.2 Å². The molecule has 18 heavy (non-hydrogen) atoms. The Bertz CT molecular complexity index is 503. The van der Waals surface area contributed by atoms with E-state index in [-0.39, 0.29) is 0 Å². The summed E-state index contributed by atoms with van der Waals surface area (Å²) in [6.45, 7) is 1.80. The minimum atomic E-state index is -4.80. The highest BCUT2D eigenvalue weighted by Crippen LogP contribution is 2.31. The molecule has 2 N–H and O–H groups in total. The van der Waals surface area contributed by atoms with Gasteiger partial charge in [0.25, 0.3) is 5.56 Å². The standard InChI is InChI=1S/C10H11F3N4O/c1-2-3-6(4-14)16-7-5-15-17-9(18)8(7)10(11,12)13/h5-6H,2-3H2,1H3,(H2,16,17,18). The van der Waals surface area contributed by atoms with Gasteiger partial charge >= 0.3 is 6.18 Å². The fraction of sp³-hybridized carbons (Fsp3) is 0.500. The van der Waals surface area contributed by atoms with Crippen molar-refractivity contribution in [2.24, 2.45) is 0 Å². The SMILES string of the molecule is CCCC(C#N)Nc1cn[nH]c(=O)c1C(F)(F)F. The number of aromatic amines is 1. The van der Waals surface area contributed by atoms with E-state index in [1.54, 1.807) is 12.0 Å². The number of rotatable bonds is 4. The highest BCUT2D eigenvalue weighted by Gasteiger charge is 2.37. The van der Waals surface area contributed by atoms with Gasteiger partial charge < -0.3 is 5.32 Å². The number of nitrogens with one attached hydrogen (secondary N) is 2. The van der Waals surface area contributed by atoms with Crippen molar-refractivity contribution in [3.63, 3.8) is 0 Å². The van der Waals surface area contributed by atoms with Gasteiger partial charge in [0.15, 0.2) is 0 Å².